The van der Waals surface area contributed by atoms with Crippen LogP contribution in [-0.4, -0.2) is 20.0 Å². The zero-order valence-corrected chi connectivity index (χ0v) is 11.6. The zero-order valence-electron chi connectivity index (χ0n) is 11.6. The highest BCUT2D eigenvalue weighted by atomic mass is 16.7. The Bertz CT molecular complexity index is 137. The predicted molar refractivity (Wildman–Crippen MR) is 69.5 cm³/mol. The third-order valence-electron chi connectivity index (χ3n) is 2.94. The minimum absolute atomic E-state index is 0.455. The molecule has 2 atom stereocenters. The lowest BCUT2D eigenvalue weighted by molar-refractivity contribution is -0.0508. The van der Waals surface area contributed by atoms with Crippen molar-refractivity contribution in [3.05, 3.63) is 0 Å². The molecule has 0 saturated heterocycles. The minimum Gasteiger partial charge on any atom is -0.356 e. The van der Waals surface area contributed by atoms with Crippen molar-refractivity contribution in [1.82, 2.24) is 0 Å². The van der Waals surface area contributed by atoms with E-state index in [-0.39, 0.29) is 0 Å². The van der Waals surface area contributed by atoms with Crippen molar-refractivity contribution in [2.75, 3.05) is 20.0 Å². The first kappa shape index (κ1) is 15.9. The van der Waals surface area contributed by atoms with E-state index in [4.69, 9.17) is 9.47 Å². The number of rotatable bonds is 11. The third kappa shape index (κ3) is 10.4. The van der Waals surface area contributed by atoms with Gasteiger partial charge in [-0.3, -0.25) is 0 Å². The summed E-state index contributed by atoms with van der Waals surface area (Å²) in [6, 6.07) is 0. The molecule has 0 aromatic carbocycles. The molecular formula is C14H30O2. The van der Waals surface area contributed by atoms with Gasteiger partial charge in [0.25, 0.3) is 0 Å². The third-order valence-corrected chi connectivity index (χ3v) is 2.94. The second-order valence-electron chi connectivity index (χ2n) is 4.90. The summed E-state index contributed by atoms with van der Waals surface area (Å²) in [7, 11) is 0. The molecule has 0 aromatic rings. The highest BCUT2D eigenvalue weighted by Crippen LogP contribution is 2.20. The summed E-state index contributed by atoms with van der Waals surface area (Å²) in [6.45, 7) is 11.0. The summed E-state index contributed by atoms with van der Waals surface area (Å²) < 4.78 is 10.5. The lowest BCUT2D eigenvalue weighted by Crippen LogP contribution is -2.06. The normalized spacial score (nSPS) is 15.0. The second kappa shape index (κ2) is 11.4. The molecule has 0 aliphatic rings. The van der Waals surface area contributed by atoms with Crippen LogP contribution in [0.3, 0.4) is 0 Å². The summed E-state index contributed by atoms with van der Waals surface area (Å²) in [5, 5.41) is 0. The highest BCUT2D eigenvalue weighted by molar-refractivity contribution is 4.59. The lowest BCUT2D eigenvalue weighted by atomic mass is 9.91. The molecule has 16 heavy (non-hydrogen) atoms. The van der Waals surface area contributed by atoms with Crippen molar-refractivity contribution < 1.29 is 9.47 Å². The van der Waals surface area contributed by atoms with Gasteiger partial charge in [0.15, 0.2) is 0 Å². The van der Waals surface area contributed by atoms with E-state index in [9.17, 15) is 0 Å². The van der Waals surface area contributed by atoms with Crippen LogP contribution in [0.2, 0.25) is 0 Å². The first-order valence-corrected chi connectivity index (χ1v) is 6.86. The Labute approximate surface area is 102 Å². The number of hydrogen-bond donors (Lipinski definition) is 0. The molecule has 2 unspecified atom stereocenters. The molecule has 2 heteroatoms. The van der Waals surface area contributed by atoms with E-state index in [1.807, 2.05) is 6.92 Å². The first-order chi connectivity index (χ1) is 7.70. The monoisotopic (exact) mass is 230 g/mol. The van der Waals surface area contributed by atoms with Gasteiger partial charge >= 0.3 is 0 Å². The van der Waals surface area contributed by atoms with Crippen LogP contribution in [0.4, 0.5) is 0 Å². The molecule has 0 amide bonds. The minimum atomic E-state index is 0.455. The fourth-order valence-electron chi connectivity index (χ4n) is 2.15. The van der Waals surface area contributed by atoms with Gasteiger partial charge in [0.05, 0.1) is 0 Å². The SMILES string of the molecule is CCCC(C)CC(C)CCCOCOCC. The Morgan fingerprint density at radius 1 is 0.938 bits per heavy atom. The fourth-order valence-corrected chi connectivity index (χ4v) is 2.15. The topological polar surface area (TPSA) is 18.5 Å². The van der Waals surface area contributed by atoms with Gasteiger partial charge in [0.1, 0.15) is 6.79 Å². The van der Waals surface area contributed by atoms with E-state index in [2.05, 4.69) is 20.8 Å². The molecule has 98 valence electrons. The Hall–Kier alpha value is -0.0800. The maximum atomic E-state index is 5.35. The van der Waals surface area contributed by atoms with E-state index in [0.29, 0.717) is 6.79 Å². The Morgan fingerprint density at radius 2 is 1.62 bits per heavy atom. The second-order valence-corrected chi connectivity index (χ2v) is 4.90. The molecule has 0 bridgehead atoms. The van der Waals surface area contributed by atoms with E-state index in [1.165, 1.54) is 25.7 Å². The molecular weight excluding hydrogens is 200 g/mol. The molecule has 0 heterocycles. The quantitative estimate of drug-likeness (QED) is 0.390. The average molecular weight is 230 g/mol. The molecule has 0 fully saturated rings. The van der Waals surface area contributed by atoms with Gasteiger partial charge in [-0.2, -0.15) is 0 Å². The van der Waals surface area contributed by atoms with Crippen molar-refractivity contribution in [3.63, 3.8) is 0 Å². The molecule has 0 aliphatic carbocycles. The average Bonchev–Trinajstić information content (AvgIpc) is 2.23. The van der Waals surface area contributed by atoms with Crippen LogP contribution in [-0.2, 0) is 9.47 Å². The summed E-state index contributed by atoms with van der Waals surface area (Å²) in [6.07, 6.45) is 6.48. The smallest absolute Gasteiger partial charge is 0.146 e. The van der Waals surface area contributed by atoms with Crippen LogP contribution in [0.15, 0.2) is 0 Å². The number of hydrogen-bond acceptors (Lipinski definition) is 2. The molecule has 0 spiro atoms. The van der Waals surface area contributed by atoms with Crippen LogP contribution in [0.25, 0.3) is 0 Å². The standard InChI is InChI=1S/C14H30O2/c1-5-8-13(3)11-14(4)9-7-10-16-12-15-6-2/h13-14H,5-12H2,1-4H3. The summed E-state index contributed by atoms with van der Waals surface area (Å²) in [4.78, 5) is 0. The summed E-state index contributed by atoms with van der Waals surface area (Å²) in [5.74, 6) is 1.71. The Balaban J connectivity index is 3.26. The van der Waals surface area contributed by atoms with Crippen LogP contribution < -0.4 is 0 Å². The summed E-state index contributed by atoms with van der Waals surface area (Å²) >= 11 is 0. The van der Waals surface area contributed by atoms with E-state index < -0.39 is 0 Å². The van der Waals surface area contributed by atoms with E-state index in [0.717, 1.165) is 31.5 Å². The first-order valence-electron chi connectivity index (χ1n) is 6.86. The maximum absolute atomic E-state index is 5.35. The van der Waals surface area contributed by atoms with Gasteiger partial charge in [0.2, 0.25) is 0 Å². The fraction of sp³-hybridized carbons (Fsp3) is 1.00. The zero-order chi connectivity index (χ0) is 12.2. The molecule has 0 rings (SSSR count). The van der Waals surface area contributed by atoms with Crippen LogP contribution in [0.5, 0.6) is 0 Å². The van der Waals surface area contributed by atoms with Gasteiger partial charge in [-0.15, -0.1) is 0 Å². The maximum Gasteiger partial charge on any atom is 0.146 e. The van der Waals surface area contributed by atoms with Crippen molar-refractivity contribution in [3.8, 4) is 0 Å². The molecule has 0 aliphatic heterocycles. The van der Waals surface area contributed by atoms with Gasteiger partial charge in [-0.05, 0) is 38.0 Å². The van der Waals surface area contributed by atoms with Crippen molar-refractivity contribution >= 4 is 0 Å². The van der Waals surface area contributed by atoms with Gasteiger partial charge in [-0.25, -0.2) is 0 Å². The van der Waals surface area contributed by atoms with Crippen LogP contribution in [0, 0.1) is 11.8 Å². The lowest BCUT2D eigenvalue weighted by Gasteiger charge is -2.16. The molecule has 0 saturated carbocycles. The van der Waals surface area contributed by atoms with E-state index in [1.54, 1.807) is 0 Å². The molecule has 2 nitrogen and oxygen atoms in total. The predicted octanol–water partition coefficient (Wildman–Crippen LogP) is 4.24. The van der Waals surface area contributed by atoms with Crippen molar-refractivity contribution in [2.24, 2.45) is 11.8 Å². The highest BCUT2D eigenvalue weighted by Gasteiger charge is 2.07. The van der Waals surface area contributed by atoms with Gasteiger partial charge < -0.3 is 9.47 Å². The van der Waals surface area contributed by atoms with Crippen molar-refractivity contribution in [1.29, 1.82) is 0 Å². The van der Waals surface area contributed by atoms with Gasteiger partial charge in [-0.1, -0.05) is 33.6 Å². The largest absolute Gasteiger partial charge is 0.356 e. The van der Waals surface area contributed by atoms with Crippen LogP contribution >= 0.6 is 0 Å². The number of ether oxygens (including phenoxy) is 2. The summed E-state index contributed by atoms with van der Waals surface area (Å²) in [5.41, 5.74) is 0. The molecule has 0 radical (unpaired) electrons. The molecule has 0 aromatic heterocycles. The van der Waals surface area contributed by atoms with Gasteiger partial charge in [0, 0.05) is 13.2 Å². The molecule has 0 N–H and O–H groups in total. The Morgan fingerprint density at radius 3 is 2.25 bits per heavy atom. The van der Waals surface area contributed by atoms with Crippen LogP contribution in [0.1, 0.15) is 59.8 Å². The van der Waals surface area contributed by atoms with Crippen molar-refractivity contribution in [2.45, 2.75) is 59.8 Å². The van der Waals surface area contributed by atoms with E-state index >= 15 is 0 Å². The Kier molecular flexibility index (Phi) is 11.3.